The number of nitrogens with one attached hydrogen (secondary N) is 2. The summed E-state index contributed by atoms with van der Waals surface area (Å²) in [5, 5.41) is 15.1. The second-order valence-electron chi connectivity index (χ2n) is 11.7. The first kappa shape index (κ1) is 35.1. The highest BCUT2D eigenvalue weighted by Gasteiger charge is 2.36. The van der Waals surface area contributed by atoms with Crippen LogP contribution in [-0.2, 0) is 30.3 Å². The van der Waals surface area contributed by atoms with E-state index in [1.54, 1.807) is 39.0 Å². The van der Waals surface area contributed by atoms with E-state index in [0.29, 0.717) is 17.5 Å². The number of aryl methyl sites for hydroxylation is 2. The summed E-state index contributed by atoms with van der Waals surface area (Å²) in [5.74, 6) is -1.57. The largest absolute Gasteiger partial charge is 0.508 e. The van der Waals surface area contributed by atoms with Crippen LogP contribution in [0.1, 0.15) is 81.7 Å². The van der Waals surface area contributed by atoms with Gasteiger partial charge >= 0.3 is 12.1 Å². The Morgan fingerprint density at radius 2 is 1.63 bits per heavy atom. The molecule has 0 heterocycles. The van der Waals surface area contributed by atoms with E-state index >= 15 is 0 Å². The summed E-state index contributed by atoms with van der Waals surface area (Å²) in [6, 6.07) is 9.72. The summed E-state index contributed by atoms with van der Waals surface area (Å²) >= 11 is 0. The van der Waals surface area contributed by atoms with Crippen molar-refractivity contribution in [1.29, 1.82) is 0 Å². The molecule has 43 heavy (non-hydrogen) atoms. The van der Waals surface area contributed by atoms with Crippen LogP contribution in [0.5, 0.6) is 5.75 Å². The Balaban J connectivity index is 2.60. The van der Waals surface area contributed by atoms with Crippen molar-refractivity contribution in [3.8, 4) is 5.75 Å². The maximum Gasteiger partial charge on any atom is 0.408 e. The molecule has 10 nitrogen and oxygen atoms in total. The van der Waals surface area contributed by atoms with E-state index in [1.165, 1.54) is 24.1 Å². The lowest BCUT2D eigenvalue weighted by atomic mass is 9.97. The van der Waals surface area contributed by atoms with Gasteiger partial charge in [0.15, 0.2) is 0 Å². The monoisotopic (exact) mass is 597 g/mol. The molecule has 2 rings (SSSR count). The van der Waals surface area contributed by atoms with E-state index in [-0.39, 0.29) is 25.3 Å². The number of phenols is 1. The molecule has 0 aromatic heterocycles. The van der Waals surface area contributed by atoms with Gasteiger partial charge in [-0.15, -0.1) is 0 Å². The number of phenolic OH excluding ortho intramolecular Hbond substituents is 1. The Hall–Kier alpha value is -4.08. The van der Waals surface area contributed by atoms with Crippen molar-refractivity contribution in [3.05, 3.63) is 64.7 Å². The topological polar surface area (TPSA) is 134 Å². The Kier molecular flexibility index (Phi) is 13.5. The van der Waals surface area contributed by atoms with Gasteiger partial charge < -0.3 is 30.1 Å². The molecule has 2 unspecified atom stereocenters. The molecule has 0 aliphatic rings. The lowest BCUT2D eigenvalue weighted by Crippen LogP contribution is -2.54. The van der Waals surface area contributed by atoms with Gasteiger partial charge in [-0.25, -0.2) is 4.79 Å². The summed E-state index contributed by atoms with van der Waals surface area (Å²) in [4.78, 5) is 54.6. The van der Waals surface area contributed by atoms with E-state index in [1.807, 2.05) is 26.0 Å². The number of rotatable bonds is 14. The lowest BCUT2D eigenvalue weighted by molar-refractivity contribution is -0.144. The quantitative estimate of drug-likeness (QED) is 0.209. The number of methoxy groups -OCH3 is 1. The van der Waals surface area contributed by atoms with Gasteiger partial charge in [-0.05, 0) is 75.4 Å². The number of esters is 1. The Morgan fingerprint density at radius 3 is 2.21 bits per heavy atom. The first-order valence-electron chi connectivity index (χ1n) is 14.7. The fraction of sp³-hybridized carbons (Fsp3) is 0.515. The molecule has 0 bridgehead atoms. The molecule has 2 atom stereocenters. The molecule has 3 N–H and O–H groups in total. The van der Waals surface area contributed by atoms with Crippen LogP contribution in [0.2, 0.25) is 0 Å². The number of carbonyl (C=O) groups is 4. The third-order valence-corrected chi connectivity index (χ3v) is 6.94. The number of carbonyl (C=O) groups excluding carboxylic acids is 4. The van der Waals surface area contributed by atoms with Crippen LogP contribution in [0.3, 0.4) is 0 Å². The molecule has 0 aliphatic heterocycles. The zero-order valence-corrected chi connectivity index (χ0v) is 26.5. The van der Waals surface area contributed by atoms with Crippen molar-refractivity contribution in [2.45, 2.75) is 91.3 Å². The smallest absolute Gasteiger partial charge is 0.408 e. The molecule has 2 aromatic carbocycles. The van der Waals surface area contributed by atoms with Crippen molar-refractivity contribution >= 4 is 23.9 Å². The van der Waals surface area contributed by atoms with Gasteiger partial charge in [0.2, 0.25) is 11.8 Å². The van der Waals surface area contributed by atoms with E-state index in [2.05, 4.69) is 17.6 Å². The summed E-state index contributed by atoms with van der Waals surface area (Å²) in [5.41, 5.74) is 2.43. The van der Waals surface area contributed by atoms with Crippen LogP contribution in [0.25, 0.3) is 0 Å². The third-order valence-electron chi connectivity index (χ3n) is 6.94. The zero-order chi connectivity index (χ0) is 32.2. The molecule has 0 fully saturated rings. The fourth-order valence-corrected chi connectivity index (χ4v) is 4.53. The number of hydrogen-bond acceptors (Lipinski definition) is 7. The number of aromatic hydroxyl groups is 1. The number of unbranched alkanes of at least 4 members (excludes halogenated alkanes) is 3. The molecular weight excluding hydrogens is 550 g/mol. The molecule has 0 aliphatic carbocycles. The van der Waals surface area contributed by atoms with Crippen molar-refractivity contribution in [2.24, 2.45) is 0 Å². The standard InChI is InChI=1S/C33H47N3O7/c1-8-9-10-11-18-36(29(30(39)34-21-28(38)42-7)25-15-12-22(2)23(3)19-25)31(40)27(35-32(41)43-33(4,5)6)20-24-13-16-26(37)17-14-24/h12-17,19,27,29,37H,8-11,18,20-21H2,1-7H3,(H,34,39)(H,35,41). The molecule has 3 amide bonds. The number of benzene rings is 2. The molecule has 0 saturated heterocycles. The lowest BCUT2D eigenvalue weighted by Gasteiger charge is -2.35. The molecule has 10 heteroatoms. The van der Waals surface area contributed by atoms with E-state index in [0.717, 1.165) is 30.4 Å². The summed E-state index contributed by atoms with van der Waals surface area (Å²) in [6.45, 7) is 11.0. The van der Waals surface area contributed by atoms with Gasteiger partial charge in [-0.3, -0.25) is 14.4 Å². The molecule has 0 spiro atoms. The summed E-state index contributed by atoms with van der Waals surface area (Å²) in [6.07, 6.45) is 2.73. The van der Waals surface area contributed by atoms with Crippen LogP contribution in [-0.4, -0.2) is 65.7 Å². The van der Waals surface area contributed by atoms with Crippen LogP contribution in [0.15, 0.2) is 42.5 Å². The predicted octanol–water partition coefficient (Wildman–Crippen LogP) is 4.88. The second kappa shape index (κ2) is 16.5. The average molecular weight is 598 g/mol. The van der Waals surface area contributed by atoms with Crippen LogP contribution < -0.4 is 10.6 Å². The SMILES string of the molecule is CCCCCCN(C(=O)C(Cc1ccc(O)cc1)NC(=O)OC(C)(C)C)C(C(=O)NCC(=O)OC)c1ccc(C)c(C)c1. The highest BCUT2D eigenvalue weighted by molar-refractivity contribution is 5.93. The highest BCUT2D eigenvalue weighted by atomic mass is 16.6. The first-order valence-corrected chi connectivity index (χ1v) is 14.7. The van der Waals surface area contributed by atoms with Crippen molar-refractivity contribution < 1.29 is 33.8 Å². The van der Waals surface area contributed by atoms with E-state index < -0.39 is 41.6 Å². The maximum absolute atomic E-state index is 14.5. The predicted molar refractivity (Wildman–Crippen MR) is 165 cm³/mol. The minimum Gasteiger partial charge on any atom is -0.508 e. The molecule has 2 aromatic rings. The molecular formula is C33H47N3O7. The number of alkyl carbamates (subject to hydrolysis) is 1. The van der Waals surface area contributed by atoms with Gasteiger partial charge in [0.05, 0.1) is 7.11 Å². The van der Waals surface area contributed by atoms with Gasteiger partial charge in [0, 0.05) is 13.0 Å². The Labute approximate surface area is 255 Å². The Bertz CT molecular complexity index is 1240. The minimum absolute atomic E-state index is 0.0707. The number of amides is 3. The summed E-state index contributed by atoms with van der Waals surface area (Å²) in [7, 11) is 1.23. The van der Waals surface area contributed by atoms with Crippen molar-refractivity contribution in [3.63, 3.8) is 0 Å². The normalized spacial score (nSPS) is 12.5. The first-order chi connectivity index (χ1) is 20.2. The van der Waals surface area contributed by atoms with Gasteiger partial charge in [-0.1, -0.05) is 56.5 Å². The average Bonchev–Trinajstić information content (AvgIpc) is 2.94. The minimum atomic E-state index is -1.09. The van der Waals surface area contributed by atoms with E-state index in [4.69, 9.17) is 9.47 Å². The van der Waals surface area contributed by atoms with E-state index in [9.17, 15) is 24.3 Å². The maximum atomic E-state index is 14.5. The van der Waals surface area contributed by atoms with Crippen molar-refractivity contribution in [1.82, 2.24) is 15.5 Å². The number of ether oxygens (including phenoxy) is 2. The fourth-order valence-electron chi connectivity index (χ4n) is 4.53. The van der Waals surface area contributed by atoms with Gasteiger partial charge in [0.25, 0.3) is 0 Å². The van der Waals surface area contributed by atoms with Crippen LogP contribution in [0.4, 0.5) is 4.79 Å². The number of nitrogens with zero attached hydrogens (tertiary/aromatic N) is 1. The van der Waals surface area contributed by atoms with Gasteiger partial charge in [-0.2, -0.15) is 0 Å². The molecule has 236 valence electrons. The second-order valence-corrected chi connectivity index (χ2v) is 11.7. The third kappa shape index (κ3) is 11.6. The van der Waals surface area contributed by atoms with Crippen molar-refractivity contribution in [2.75, 3.05) is 20.2 Å². The van der Waals surface area contributed by atoms with Crippen LogP contribution in [0, 0.1) is 13.8 Å². The van der Waals surface area contributed by atoms with Crippen LogP contribution >= 0.6 is 0 Å². The molecule has 0 radical (unpaired) electrons. The Morgan fingerprint density at radius 1 is 0.953 bits per heavy atom. The highest BCUT2D eigenvalue weighted by Crippen LogP contribution is 2.26. The summed E-state index contributed by atoms with van der Waals surface area (Å²) < 4.78 is 10.2. The molecule has 0 saturated carbocycles. The number of hydrogen-bond donors (Lipinski definition) is 3. The van der Waals surface area contributed by atoms with Gasteiger partial charge in [0.1, 0.15) is 30.0 Å². The zero-order valence-electron chi connectivity index (χ0n) is 26.5.